The molecule has 1 unspecified atom stereocenters. The number of hydrogen-bond acceptors (Lipinski definition) is 3. The lowest BCUT2D eigenvalue weighted by molar-refractivity contribution is 0.0555. The first-order valence-electron chi connectivity index (χ1n) is 6.28. The summed E-state index contributed by atoms with van der Waals surface area (Å²) in [4.78, 5) is 0. The van der Waals surface area contributed by atoms with Gasteiger partial charge in [-0.05, 0) is 24.3 Å². The second-order valence-corrected chi connectivity index (χ2v) is 4.62. The van der Waals surface area contributed by atoms with E-state index < -0.39 is 5.92 Å². The van der Waals surface area contributed by atoms with Crippen LogP contribution in [0.15, 0.2) is 30.3 Å². The van der Waals surface area contributed by atoms with Crippen molar-refractivity contribution >= 4 is 0 Å². The molecule has 1 atom stereocenters. The third-order valence-corrected chi connectivity index (χ3v) is 3.60. The Morgan fingerprint density at radius 1 is 1.06 bits per heavy atom. The summed E-state index contributed by atoms with van der Waals surface area (Å²) in [5, 5.41) is 18.4. The fraction of sp³-hybridized carbons (Fsp3) is 0.467. The summed E-state index contributed by atoms with van der Waals surface area (Å²) in [6, 6.07) is 14.2. The minimum absolute atomic E-state index is 0.00472. The van der Waals surface area contributed by atoms with E-state index in [2.05, 4.69) is 12.1 Å². The standard InChI is InChI=1S/C15H16N2O/c16-10-14(11-17)15(12-4-2-1-3-5-12)13-6-8-18-9-7-13/h1-5,13-15H,6-9H2. The second kappa shape index (κ2) is 6.19. The molecule has 0 bridgehead atoms. The van der Waals surface area contributed by atoms with Crippen LogP contribution in [0.1, 0.15) is 24.3 Å². The molecule has 0 aromatic heterocycles. The Balaban J connectivity index is 2.29. The first kappa shape index (κ1) is 12.6. The number of benzene rings is 1. The maximum Gasteiger partial charge on any atom is 0.140 e. The van der Waals surface area contributed by atoms with Crippen molar-refractivity contribution in [2.75, 3.05) is 13.2 Å². The lowest BCUT2D eigenvalue weighted by atomic mass is 9.74. The van der Waals surface area contributed by atoms with Crippen molar-refractivity contribution in [3.8, 4) is 12.1 Å². The smallest absolute Gasteiger partial charge is 0.140 e. The molecule has 3 nitrogen and oxygen atoms in total. The summed E-state index contributed by atoms with van der Waals surface area (Å²) >= 11 is 0. The van der Waals surface area contributed by atoms with Crippen LogP contribution in [-0.2, 0) is 4.74 Å². The van der Waals surface area contributed by atoms with E-state index in [1.54, 1.807) is 0 Å². The van der Waals surface area contributed by atoms with Gasteiger partial charge in [0, 0.05) is 19.1 Å². The fourth-order valence-electron chi connectivity index (χ4n) is 2.68. The summed E-state index contributed by atoms with van der Waals surface area (Å²) in [5.41, 5.74) is 1.09. The van der Waals surface area contributed by atoms with Gasteiger partial charge in [0.2, 0.25) is 0 Å². The van der Waals surface area contributed by atoms with Crippen molar-refractivity contribution < 1.29 is 4.74 Å². The molecule has 1 aliphatic rings. The first-order valence-corrected chi connectivity index (χ1v) is 6.28. The highest BCUT2D eigenvalue weighted by Crippen LogP contribution is 2.37. The Bertz CT molecular complexity index is 438. The summed E-state index contributed by atoms with van der Waals surface area (Å²) in [6.07, 6.45) is 1.86. The number of nitriles is 2. The van der Waals surface area contributed by atoms with Crippen molar-refractivity contribution in [3.05, 3.63) is 35.9 Å². The average Bonchev–Trinajstić information content (AvgIpc) is 2.46. The van der Waals surface area contributed by atoms with Gasteiger partial charge in [-0.15, -0.1) is 0 Å². The number of nitrogens with zero attached hydrogens (tertiary/aromatic N) is 2. The van der Waals surface area contributed by atoms with Crippen LogP contribution in [0.5, 0.6) is 0 Å². The third kappa shape index (κ3) is 2.70. The van der Waals surface area contributed by atoms with E-state index in [0.29, 0.717) is 5.92 Å². The summed E-state index contributed by atoms with van der Waals surface area (Å²) in [7, 11) is 0. The number of ether oxygens (including phenoxy) is 1. The predicted octanol–water partition coefficient (Wildman–Crippen LogP) is 2.86. The van der Waals surface area contributed by atoms with Gasteiger partial charge in [0.1, 0.15) is 5.92 Å². The largest absolute Gasteiger partial charge is 0.381 e. The normalized spacial score (nSPS) is 17.9. The molecule has 18 heavy (non-hydrogen) atoms. The van der Waals surface area contributed by atoms with E-state index in [0.717, 1.165) is 31.6 Å². The molecule has 0 amide bonds. The molecular weight excluding hydrogens is 224 g/mol. The Morgan fingerprint density at radius 3 is 2.22 bits per heavy atom. The Labute approximate surface area is 108 Å². The van der Waals surface area contributed by atoms with Gasteiger partial charge in [-0.1, -0.05) is 30.3 Å². The van der Waals surface area contributed by atoms with Crippen LogP contribution in [0.2, 0.25) is 0 Å². The van der Waals surface area contributed by atoms with Crippen molar-refractivity contribution in [3.63, 3.8) is 0 Å². The van der Waals surface area contributed by atoms with E-state index in [4.69, 9.17) is 4.74 Å². The van der Waals surface area contributed by atoms with Gasteiger partial charge in [-0.2, -0.15) is 10.5 Å². The highest BCUT2D eigenvalue weighted by molar-refractivity contribution is 5.26. The molecule has 1 aliphatic heterocycles. The summed E-state index contributed by atoms with van der Waals surface area (Å²) in [5.74, 6) is -0.203. The second-order valence-electron chi connectivity index (χ2n) is 4.62. The molecule has 0 N–H and O–H groups in total. The van der Waals surface area contributed by atoms with Gasteiger partial charge >= 0.3 is 0 Å². The highest BCUT2D eigenvalue weighted by atomic mass is 16.5. The quantitative estimate of drug-likeness (QED) is 0.816. The molecular formula is C15H16N2O. The molecule has 2 rings (SSSR count). The van der Waals surface area contributed by atoms with Crippen LogP contribution in [0.3, 0.4) is 0 Å². The molecule has 1 fully saturated rings. The van der Waals surface area contributed by atoms with Crippen molar-refractivity contribution in [1.29, 1.82) is 10.5 Å². The lowest BCUT2D eigenvalue weighted by Gasteiger charge is -2.31. The average molecular weight is 240 g/mol. The number of hydrogen-bond donors (Lipinski definition) is 0. The van der Waals surface area contributed by atoms with E-state index in [1.807, 2.05) is 30.3 Å². The molecule has 1 saturated heterocycles. The topological polar surface area (TPSA) is 56.8 Å². The fourth-order valence-corrected chi connectivity index (χ4v) is 2.68. The first-order chi connectivity index (χ1) is 8.86. The monoisotopic (exact) mass is 240 g/mol. The zero-order valence-corrected chi connectivity index (χ0v) is 10.2. The zero-order chi connectivity index (χ0) is 12.8. The van der Waals surface area contributed by atoms with Gasteiger partial charge in [-0.3, -0.25) is 0 Å². The van der Waals surface area contributed by atoms with Gasteiger partial charge < -0.3 is 4.74 Å². The van der Waals surface area contributed by atoms with Crippen LogP contribution in [0, 0.1) is 34.5 Å². The Hall–Kier alpha value is -1.84. The predicted molar refractivity (Wildman–Crippen MR) is 67.4 cm³/mol. The summed E-state index contributed by atoms with van der Waals surface area (Å²) in [6.45, 7) is 1.47. The van der Waals surface area contributed by atoms with Gasteiger partial charge in [-0.25, -0.2) is 0 Å². The molecule has 0 radical (unpaired) electrons. The van der Waals surface area contributed by atoms with Crippen molar-refractivity contribution in [1.82, 2.24) is 0 Å². The third-order valence-electron chi connectivity index (χ3n) is 3.60. The molecule has 1 heterocycles. The van der Waals surface area contributed by atoms with Crippen molar-refractivity contribution in [2.24, 2.45) is 11.8 Å². The SMILES string of the molecule is N#CC(C#N)C(c1ccccc1)C1CCOCC1. The van der Waals surface area contributed by atoms with E-state index in [1.165, 1.54) is 0 Å². The zero-order valence-electron chi connectivity index (χ0n) is 10.2. The molecule has 92 valence electrons. The van der Waals surface area contributed by atoms with Crippen molar-refractivity contribution in [2.45, 2.75) is 18.8 Å². The molecule has 1 aromatic carbocycles. The van der Waals surface area contributed by atoms with Gasteiger partial charge in [0.25, 0.3) is 0 Å². The van der Waals surface area contributed by atoms with Gasteiger partial charge in [0.15, 0.2) is 0 Å². The van der Waals surface area contributed by atoms with Gasteiger partial charge in [0.05, 0.1) is 12.1 Å². The molecule has 0 aliphatic carbocycles. The summed E-state index contributed by atoms with van der Waals surface area (Å²) < 4.78 is 5.37. The van der Waals surface area contributed by atoms with Crippen LogP contribution in [0.25, 0.3) is 0 Å². The highest BCUT2D eigenvalue weighted by Gasteiger charge is 2.32. The van der Waals surface area contributed by atoms with Crippen LogP contribution < -0.4 is 0 Å². The maximum atomic E-state index is 9.18. The van der Waals surface area contributed by atoms with E-state index in [-0.39, 0.29) is 5.92 Å². The minimum atomic E-state index is -0.574. The lowest BCUT2D eigenvalue weighted by Crippen LogP contribution is -2.26. The molecule has 0 saturated carbocycles. The molecule has 3 heteroatoms. The van der Waals surface area contributed by atoms with Crippen LogP contribution >= 0.6 is 0 Å². The number of rotatable bonds is 3. The molecule has 1 aromatic rings. The maximum absolute atomic E-state index is 9.18. The Morgan fingerprint density at radius 2 is 1.67 bits per heavy atom. The van der Waals surface area contributed by atoms with Crippen LogP contribution in [-0.4, -0.2) is 13.2 Å². The van der Waals surface area contributed by atoms with Crippen LogP contribution in [0.4, 0.5) is 0 Å². The molecule has 0 spiro atoms. The van der Waals surface area contributed by atoms with E-state index in [9.17, 15) is 10.5 Å². The minimum Gasteiger partial charge on any atom is -0.381 e. The van der Waals surface area contributed by atoms with E-state index >= 15 is 0 Å². The Kier molecular flexibility index (Phi) is 4.34.